The molecule has 0 saturated heterocycles. The van der Waals surface area contributed by atoms with Gasteiger partial charge in [-0.15, -0.1) is 0 Å². The molecule has 0 unspecified atom stereocenters. The molecule has 0 aliphatic heterocycles. The Morgan fingerprint density at radius 2 is 1.90 bits per heavy atom. The van der Waals surface area contributed by atoms with Crippen molar-refractivity contribution in [2.24, 2.45) is 0 Å². The molecule has 1 aromatic carbocycles. The Morgan fingerprint density at radius 3 is 2.60 bits per heavy atom. The molecule has 3 rings (SSSR count). The molecule has 0 amide bonds. The molecule has 20 heavy (non-hydrogen) atoms. The SMILES string of the molecule is Cc1ccc(-c2c(CCc3ccco3)noc2N)cc1. The largest absolute Gasteiger partial charge is 0.469 e. The molecule has 3 aromatic rings. The summed E-state index contributed by atoms with van der Waals surface area (Å²) in [5, 5.41) is 4.07. The van der Waals surface area contributed by atoms with Gasteiger partial charge in [0.1, 0.15) is 5.76 Å². The zero-order valence-corrected chi connectivity index (χ0v) is 11.3. The molecule has 0 aliphatic rings. The van der Waals surface area contributed by atoms with Gasteiger partial charge < -0.3 is 14.7 Å². The lowest BCUT2D eigenvalue weighted by molar-refractivity contribution is 0.425. The van der Waals surface area contributed by atoms with Gasteiger partial charge >= 0.3 is 0 Å². The van der Waals surface area contributed by atoms with Crippen LogP contribution in [0.1, 0.15) is 17.0 Å². The summed E-state index contributed by atoms with van der Waals surface area (Å²) in [6, 6.07) is 12.0. The minimum atomic E-state index is 0.364. The monoisotopic (exact) mass is 268 g/mol. The lowest BCUT2D eigenvalue weighted by Crippen LogP contribution is -1.94. The molecular weight excluding hydrogens is 252 g/mol. The molecule has 0 aliphatic carbocycles. The number of aryl methyl sites for hydroxylation is 3. The third-order valence-electron chi connectivity index (χ3n) is 3.32. The van der Waals surface area contributed by atoms with Crippen LogP contribution in [-0.2, 0) is 12.8 Å². The molecule has 102 valence electrons. The van der Waals surface area contributed by atoms with Crippen molar-refractivity contribution < 1.29 is 8.94 Å². The third kappa shape index (κ3) is 2.45. The number of furan rings is 1. The number of hydrogen-bond donors (Lipinski definition) is 1. The van der Waals surface area contributed by atoms with E-state index in [1.807, 2.05) is 24.3 Å². The van der Waals surface area contributed by atoms with Crippen molar-refractivity contribution in [3.63, 3.8) is 0 Å². The van der Waals surface area contributed by atoms with Crippen LogP contribution >= 0.6 is 0 Å². The number of nitrogens with zero attached hydrogens (tertiary/aromatic N) is 1. The van der Waals surface area contributed by atoms with Gasteiger partial charge in [0.15, 0.2) is 0 Å². The van der Waals surface area contributed by atoms with Gasteiger partial charge in [0, 0.05) is 12.8 Å². The Labute approximate surface area is 117 Å². The Balaban J connectivity index is 1.87. The second-order valence-electron chi connectivity index (χ2n) is 4.81. The lowest BCUT2D eigenvalue weighted by atomic mass is 10.0. The Bertz CT molecular complexity index is 682. The first kappa shape index (κ1) is 12.5. The second kappa shape index (κ2) is 5.25. The number of rotatable bonds is 4. The molecule has 0 atom stereocenters. The first-order chi connectivity index (χ1) is 9.74. The average Bonchev–Trinajstić information content (AvgIpc) is 3.07. The highest BCUT2D eigenvalue weighted by Gasteiger charge is 2.15. The van der Waals surface area contributed by atoms with Gasteiger partial charge in [-0.25, -0.2) is 0 Å². The predicted molar refractivity (Wildman–Crippen MR) is 77.2 cm³/mol. The second-order valence-corrected chi connectivity index (χ2v) is 4.81. The molecule has 4 heteroatoms. The van der Waals surface area contributed by atoms with E-state index in [9.17, 15) is 0 Å². The summed E-state index contributed by atoms with van der Waals surface area (Å²) in [7, 11) is 0. The summed E-state index contributed by atoms with van der Waals surface area (Å²) in [4.78, 5) is 0. The van der Waals surface area contributed by atoms with Crippen LogP contribution in [0.15, 0.2) is 51.6 Å². The van der Waals surface area contributed by atoms with Crippen LogP contribution in [0.4, 0.5) is 5.88 Å². The summed E-state index contributed by atoms with van der Waals surface area (Å²) < 4.78 is 10.5. The van der Waals surface area contributed by atoms with Gasteiger partial charge in [-0.05, 0) is 24.6 Å². The number of benzene rings is 1. The van der Waals surface area contributed by atoms with Gasteiger partial charge in [-0.2, -0.15) is 0 Å². The zero-order valence-electron chi connectivity index (χ0n) is 11.3. The Kier molecular flexibility index (Phi) is 3.29. The standard InChI is InChI=1S/C16H16N2O2/c1-11-4-6-12(7-5-11)15-14(18-20-16(15)17)9-8-13-3-2-10-19-13/h2-7,10H,8-9,17H2,1H3. The minimum Gasteiger partial charge on any atom is -0.469 e. The van der Waals surface area contributed by atoms with Crippen molar-refractivity contribution in [1.82, 2.24) is 5.16 Å². The first-order valence-electron chi connectivity index (χ1n) is 6.57. The van der Waals surface area contributed by atoms with Gasteiger partial charge in [-0.3, -0.25) is 0 Å². The number of aromatic nitrogens is 1. The molecule has 0 radical (unpaired) electrons. The molecule has 0 saturated carbocycles. The Morgan fingerprint density at radius 1 is 1.10 bits per heavy atom. The predicted octanol–water partition coefficient (Wildman–Crippen LogP) is 3.61. The maximum Gasteiger partial charge on any atom is 0.230 e. The molecule has 2 N–H and O–H groups in total. The van der Waals surface area contributed by atoms with E-state index >= 15 is 0 Å². The highest BCUT2D eigenvalue weighted by molar-refractivity contribution is 5.75. The van der Waals surface area contributed by atoms with Crippen LogP contribution in [0, 0.1) is 6.92 Å². The van der Waals surface area contributed by atoms with E-state index in [1.165, 1.54) is 5.56 Å². The van der Waals surface area contributed by atoms with Crippen molar-refractivity contribution in [3.05, 3.63) is 59.7 Å². The molecule has 0 bridgehead atoms. The number of anilines is 1. The van der Waals surface area contributed by atoms with Crippen LogP contribution in [0.3, 0.4) is 0 Å². The third-order valence-corrected chi connectivity index (χ3v) is 3.32. The fraction of sp³-hybridized carbons (Fsp3) is 0.188. The number of hydrogen-bond acceptors (Lipinski definition) is 4. The number of nitrogens with two attached hydrogens (primary N) is 1. The lowest BCUT2D eigenvalue weighted by Gasteiger charge is -2.02. The van der Waals surface area contributed by atoms with E-state index in [-0.39, 0.29) is 0 Å². The van der Waals surface area contributed by atoms with Gasteiger partial charge in [0.2, 0.25) is 5.88 Å². The van der Waals surface area contributed by atoms with Crippen molar-refractivity contribution >= 4 is 5.88 Å². The van der Waals surface area contributed by atoms with Crippen LogP contribution in [0.2, 0.25) is 0 Å². The van der Waals surface area contributed by atoms with Gasteiger partial charge in [0.25, 0.3) is 0 Å². The van der Waals surface area contributed by atoms with E-state index < -0.39 is 0 Å². The molecule has 4 nitrogen and oxygen atoms in total. The fourth-order valence-corrected chi connectivity index (χ4v) is 2.23. The molecule has 0 spiro atoms. The molecular formula is C16H16N2O2. The van der Waals surface area contributed by atoms with Crippen molar-refractivity contribution in [1.29, 1.82) is 0 Å². The Hall–Kier alpha value is -2.49. The first-order valence-corrected chi connectivity index (χ1v) is 6.57. The van der Waals surface area contributed by atoms with Gasteiger partial charge in [-0.1, -0.05) is 35.0 Å². The van der Waals surface area contributed by atoms with Gasteiger partial charge in [0.05, 0.1) is 17.5 Å². The maximum atomic E-state index is 5.91. The fourth-order valence-electron chi connectivity index (χ4n) is 2.23. The highest BCUT2D eigenvalue weighted by atomic mass is 16.5. The van der Waals surface area contributed by atoms with Crippen molar-refractivity contribution in [2.75, 3.05) is 5.73 Å². The molecule has 0 fully saturated rings. The zero-order chi connectivity index (χ0) is 13.9. The van der Waals surface area contributed by atoms with Crippen LogP contribution in [0.25, 0.3) is 11.1 Å². The number of nitrogen functional groups attached to an aromatic ring is 1. The summed E-state index contributed by atoms with van der Waals surface area (Å²) >= 11 is 0. The topological polar surface area (TPSA) is 65.2 Å². The van der Waals surface area contributed by atoms with Crippen molar-refractivity contribution in [2.45, 2.75) is 19.8 Å². The quantitative estimate of drug-likeness (QED) is 0.785. The van der Waals surface area contributed by atoms with E-state index in [1.54, 1.807) is 6.26 Å². The van der Waals surface area contributed by atoms with Crippen LogP contribution in [0.5, 0.6) is 0 Å². The van der Waals surface area contributed by atoms with Crippen molar-refractivity contribution in [3.8, 4) is 11.1 Å². The molecule has 2 heterocycles. The smallest absolute Gasteiger partial charge is 0.230 e. The van der Waals surface area contributed by atoms with E-state index in [0.29, 0.717) is 5.88 Å². The maximum absolute atomic E-state index is 5.91. The average molecular weight is 268 g/mol. The molecule has 2 aromatic heterocycles. The summed E-state index contributed by atoms with van der Waals surface area (Å²) in [6.45, 7) is 2.05. The summed E-state index contributed by atoms with van der Waals surface area (Å²) in [6.07, 6.45) is 3.18. The normalized spacial score (nSPS) is 10.8. The van der Waals surface area contributed by atoms with E-state index in [4.69, 9.17) is 14.7 Å². The van der Waals surface area contributed by atoms with E-state index in [0.717, 1.165) is 35.4 Å². The highest BCUT2D eigenvalue weighted by Crippen LogP contribution is 2.30. The summed E-state index contributed by atoms with van der Waals surface area (Å²) in [5.74, 6) is 1.30. The van der Waals surface area contributed by atoms with Crippen LogP contribution < -0.4 is 5.73 Å². The minimum absolute atomic E-state index is 0.364. The van der Waals surface area contributed by atoms with Crippen LogP contribution in [-0.4, -0.2) is 5.16 Å². The summed E-state index contributed by atoms with van der Waals surface area (Å²) in [5.41, 5.74) is 9.90. The van der Waals surface area contributed by atoms with E-state index in [2.05, 4.69) is 24.2 Å².